The molecule has 1 amide bonds. The molecule has 3 heterocycles. The lowest BCUT2D eigenvalue weighted by Crippen LogP contribution is -2.37. The van der Waals surface area contributed by atoms with Crippen LogP contribution in [0.4, 0.5) is 16.6 Å². The third-order valence-corrected chi connectivity index (χ3v) is 6.61. The summed E-state index contributed by atoms with van der Waals surface area (Å²) in [5.74, 6) is 0.370. The van der Waals surface area contributed by atoms with E-state index in [1.807, 2.05) is 25.1 Å². The van der Waals surface area contributed by atoms with Crippen LogP contribution in [0, 0.1) is 6.92 Å². The number of anilines is 3. The first-order valence-electron chi connectivity index (χ1n) is 11.2. The Balaban J connectivity index is 1.25. The number of amides is 1. The SMILES string of the molecule is Cc1cccc(Cl)c1NC(=O)c1cnc(Nc2cc(CNCCCN3CCOCC3)ncn2)s1. The minimum absolute atomic E-state index is 0.258. The maximum atomic E-state index is 12.6. The molecular weight excluding hydrogens is 474 g/mol. The van der Waals surface area contributed by atoms with Crippen molar-refractivity contribution >= 4 is 45.5 Å². The number of ether oxygens (including phenoxy) is 1. The highest BCUT2D eigenvalue weighted by Gasteiger charge is 2.14. The zero-order chi connectivity index (χ0) is 23.8. The van der Waals surface area contributed by atoms with Crippen LogP contribution in [0.2, 0.25) is 5.02 Å². The van der Waals surface area contributed by atoms with Gasteiger partial charge < -0.3 is 20.7 Å². The van der Waals surface area contributed by atoms with E-state index in [0.717, 1.165) is 57.1 Å². The molecule has 3 aromatic rings. The van der Waals surface area contributed by atoms with Gasteiger partial charge in [0, 0.05) is 25.7 Å². The van der Waals surface area contributed by atoms with Gasteiger partial charge in [0.2, 0.25) is 0 Å². The zero-order valence-electron chi connectivity index (χ0n) is 19.0. The van der Waals surface area contributed by atoms with Gasteiger partial charge in [-0.05, 0) is 38.1 Å². The van der Waals surface area contributed by atoms with E-state index in [4.69, 9.17) is 16.3 Å². The number of morpholine rings is 1. The lowest BCUT2D eigenvalue weighted by Gasteiger charge is -2.26. The Morgan fingerprint density at radius 2 is 2.09 bits per heavy atom. The minimum atomic E-state index is -0.258. The molecule has 0 unspecified atom stereocenters. The fraction of sp³-hybridized carbons (Fsp3) is 0.391. The summed E-state index contributed by atoms with van der Waals surface area (Å²) < 4.78 is 5.38. The van der Waals surface area contributed by atoms with Crippen LogP contribution in [0.5, 0.6) is 0 Å². The van der Waals surface area contributed by atoms with Crippen LogP contribution in [0.3, 0.4) is 0 Å². The van der Waals surface area contributed by atoms with Gasteiger partial charge in [-0.3, -0.25) is 9.69 Å². The van der Waals surface area contributed by atoms with Crippen LogP contribution < -0.4 is 16.0 Å². The van der Waals surface area contributed by atoms with Gasteiger partial charge in [0.1, 0.15) is 17.0 Å². The van der Waals surface area contributed by atoms with E-state index < -0.39 is 0 Å². The molecule has 4 rings (SSSR count). The van der Waals surface area contributed by atoms with Crippen LogP contribution >= 0.6 is 22.9 Å². The van der Waals surface area contributed by atoms with Crippen molar-refractivity contribution in [3.8, 4) is 0 Å². The van der Waals surface area contributed by atoms with E-state index in [9.17, 15) is 4.79 Å². The second-order valence-corrected chi connectivity index (χ2v) is 9.36. The minimum Gasteiger partial charge on any atom is -0.379 e. The Labute approximate surface area is 207 Å². The van der Waals surface area contributed by atoms with Crippen molar-refractivity contribution < 1.29 is 9.53 Å². The summed E-state index contributed by atoms with van der Waals surface area (Å²) in [7, 11) is 0. The van der Waals surface area contributed by atoms with Crippen LogP contribution in [0.25, 0.3) is 0 Å². The Bertz CT molecular complexity index is 1080. The third-order valence-electron chi connectivity index (χ3n) is 5.39. The fourth-order valence-corrected chi connectivity index (χ4v) is 4.53. The molecule has 0 aliphatic carbocycles. The summed E-state index contributed by atoms with van der Waals surface area (Å²) in [6.45, 7) is 8.23. The number of nitrogens with one attached hydrogen (secondary N) is 3. The highest BCUT2D eigenvalue weighted by Crippen LogP contribution is 2.27. The number of carbonyl (C=O) groups is 1. The number of para-hydroxylation sites is 1. The Morgan fingerprint density at radius 3 is 2.91 bits per heavy atom. The monoisotopic (exact) mass is 501 g/mol. The van der Waals surface area contributed by atoms with E-state index >= 15 is 0 Å². The average molecular weight is 502 g/mol. The van der Waals surface area contributed by atoms with E-state index in [2.05, 4.69) is 35.8 Å². The topological polar surface area (TPSA) is 104 Å². The third kappa shape index (κ3) is 6.94. The van der Waals surface area contributed by atoms with Crippen molar-refractivity contribution in [3.05, 3.63) is 57.9 Å². The molecule has 1 fully saturated rings. The molecular formula is C23H28ClN7O2S. The smallest absolute Gasteiger partial charge is 0.267 e. The van der Waals surface area contributed by atoms with Gasteiger partial charge in [-0.25, -0.2) is 15.0 Å². The van der Waals surface area contributed by atoms with Gasteiger partial charge in [0.05, 0.1) is 35.8 Å². The molecule has 180 valence electrons. The second-order valence-electron chi connectivity index (χ2n) is 7.92. The van der Waals surface area contributed by atoms with Crippen LogP contribution in [0.15, 0.2) is 36.8 Å². The molecule has 34 heavy (non-hydrogen) atoms. The standard InChI is InChI=1S/C23H28ClN7O2S/c1-16-4-2-5-18(24)21(16)30-22(32)19-14-26-23(34-19)29-20-12-17(27-15-28-20)13-25-6-3-7-31-8-10-33-11-9-31/h2,4-5,12,14-15,25H,3,6-11,13H2,1H3,(H,30,32)(H,26,27,28,29). The summed E-state index contributed by atoms with van der Waals surface area (Å²) >= 11 is 7.46. The highest BCUT2D eigenvalue weighted by molar-refractivity contribution is 7.17. The quantitative estimate of drug-likeness (QED) is 0.361. The first kappa shape index (κ1) is 24.5. The summed E-state index contributed by atoms with van der Waals surface area (Å²) in [5, 5.41) is 10.5. The van der Waals surface area contributed by atoms with Crippen molar-refractivity contribution in [3.63, 3.8) is 0 Å². The highest BCUT2D eigenvalue weighted by atomic mass is 35.5. The number of carbonyl (C=O) groups excluding carboxylic acids is 1. The number of hydrogen-bond acceptors (Lipinski definition) is 9. The number of benzene rings is 1. The molecule has 0 bridgehead atoms. The maximum absolute atomic E-state index is 12.6. The number of rotatable bonds is 10. The van der Waals surface area contributed by atoms with Gasteiger partial charge in [0.25, 0.3) is 5.91 Å². The van der Waals surface area contributed by atoms with Crippen molar-refractivity contribution in [1.29, 1.82) is 0 Å². The largest absolute Gasteiger partial charge is 0.379 e. The molecule has 3 N–H and O–H groups in total. The molecule has 2 aromatic heterocycles. The van der Waals surface area contributed by atoms with Gasteiger partial charge in [-0.15, -0.1) is 0 Å². The maximum Gasteiger partial charge on any atom is 0.267 e. The number of aryl methyl sites for hydroxylation is 1. The van der Waals surface area contributed by atoms with E-state index in [1.165, 1.54) is 23.9 Å². The van der Waals surface area contributed by atoms with Gasteiger partial charge >= 0.3 is 0 Å². The van der Waals surface area contributed by atoms with Crippen molar-refractivity contribution in [2.75, 3.05) is 50.0 Å². The summed E-state index contributed by atoms with van der Waals surface area (Å²) in [4.78, 5) is 28.4. The normalized spacial score (nSPS) is 14.2. The molecule has 11 heteroatoms. The predicted molar refractivity (Wildman–Crippen MR) is 135 cm³/mol. The second kappa shape index (κ2) is 12.2. The molecule has 0 radical (unpaired) electrons. The number of aromatic nitrogens is 3. The zero-order valence-corrected chi connectivity index (χ0v) is 20.6. The lowest BCUT2D eigenvalue weighted by molar-refractivity contribution is 0.0374. The van der Waals surface area contributed by atoms with Gasteiger partial charge in [-0.1, -0.05) is 35.1 Å². The van der Waals surface area contributed by atoms with Crippen LogP contribution in [-0.4, -0.2) is 65.2 Å². The molecule has 1 aliphatic rings. The number of nitrogens with zero attached hydrogens (tertiary/aromatic N) is 4. The van der Waals surface area contributed by atoms with Gasteiger partial charge in [-0.2, -0.15) is 0 Å². The molecule has 1 aromatic carbocycles. The molecule has 9 nitrogen and oxygen atoms in total. The molecule has 0 spiro atoms. The summed E-state index contributed by atoms with van der Waals surface area (Å²) in [6, 6.07) is 7.37. The number of hydrogen-bond donors (Lipinski definition) is 3. The Kier molecular flexibility index (Phi) is 8.78. The van der Waals surface area contributed by atoms with E-state index in [-0.39, 0.29) is 5.91 Å². The van der Waals surface area contributed by atoms with E-state index in [1.54, 1.807) is 6.07 Å². The Morgan fingerprint density at radius 1 is 1.24 bits per heavy atom. The predicted octanol–water partition coefficient (Wildman–Crippen LogP) is 3.70. The van der Waals surface area contributed by atoms with Crippen molar-refractivity contribution in [1.82, 2.24) is 25.2 Å². The number of thiazole rings is 1. The summed E-state index contributed by atoms with van der Waals surface area (Å²) in [5.41, 5.74) is 2.38. The average Bonchev–Trinajstić information content (AvgIpc) is 3.31. The molecule has 0 atom stereocenters. The van der Waals surface area contributed by atoms with E-state index in [0.29, 0.717) is 33.1 Å². The van der Waals surface area contributed by atoms with Crippen molar-refractivity contribution in [2.45, 2.75) is 19.9 Å². The Hall–Kier alpha value is -2.63. The molecule has 1 aliphatic heterocycles. The fourth-order valence-electron chi connectivity index (χ4n) is 3.54. The van der Waals surface area contributed by atoms with Gasteiger partial charge in [0.15, 0.2) is 5.13 Å². The lowest BCUT2D eigenvalue weighted by atomic mass is 10.2. The number of halogens is 1. The first-order chi connectivity index (χ1) is 16.6. The molecule has 0 saturated carbocycles. The molecule has 1 saturated heterocycles. The first-order valence-corrected chi connectivity index (χ1v) is 12.4. The van der Waals surface area contributed by atoms with Crippen molar-refractivity contribution in [2.24, 2.45) is 0 Å². The van der Waals surface area contributed by atoms with Crippen LogP contribution in [-0.2, 0) is 11.3 Å². The van der Waals surface area contributed by atoms with Crippen LogP contribution in [0.1, 0.15) is 27.3 Å². The summed E-state index contributed by atoms with van der Waals surface area (Å²) in [6.07, 6.45) is 4.13.